The van der Waals surface area contributed by atoms with E-state index in [-0.39, 0.29) is 23.0 Å². The number of nitro benzene ring substituents is 1. The molecule has 1 saturated heterocycles. The summed E-state index contributed by atoms with van der Waals surface area (Å²) in [6.07, 6.45) is 1.35. The highest BCUT2D eigenvalue weighted by Crippen LogP contribution is 2.17. The molecule has 1 amide bonds. The summed E-state index contributed by atoms with van der Waals surface area (Å²) < 4.78 is 11.1. The standard InChI is InChI=1S/C17H18N10O5/c18-15-16(23-32-22-15)26-14(13(20-24-26)10-25-5-7-31-8-6-25)17(28)21-19-9-11-1-3-12(4-2-11)27(29)30/h1-4,9H,5-8,10H2,(H2,18,22)(H,21,28)/b19-9+. The van der Waals surface area contributed by atoms with E-state index in [9.17, 15) is 14.9 Å². The maximum absolute atomic E-state index is 13.0. The van der Waals surface area contributed by atoms with Gasteiger partial charge in [0.05, 0.1) is 24.4 Å². The molecular weight excluding hydrogens is 424 g/mol. The van der Waals surface area contributed by atoms with E-state index in [2.05, 4.69) is 40.7 Å². The summed E-state index contributed by atoms with van der Waals surface area (Å²) in [4.78, 5) is 25.3. The number of aromatic nitrogens is 5. The lowest BCUT2D eigenvalue weighted by molar-refractivity contribution is -0.384. The van der Waals surface area contributed by atoms with Crippen LogP contribution in [0.2, 0.25) is 0 Å². The lowest BCUT2D eigenvalue weighted by Crippen LogP contribution is -2.36. The maximum Gasteiger partial charge on any atom is 0.292 e. The van der Waals surface area contributed by atoms with Gasteiger partial charge in [-0.05, 0) is 28.0 Å². The average molecular weight is 442 g/mol. The molecule has 3 aromatic rings. The van der Waals surface area contributed by atoms with Gasteiger partial charge in [0.2, 0.25) is 11.6 Å². The van der Waals surface area contributed by atoms with Crippen molar-refractivity contribution < 1.29 is 19.1 Å². The van der Waals surface area contributed by atoms with Crippen LogP contribution >= 0.6 is 0 Å². The molecule has 3 N–H and O–H groups in total. The van der Waals surface area contributed by atoms with Crippen molar-refractivity contribution in [2.24, 2.45) is 5.10 Å². The summed E-state index contributed by atoms with van der Waals surface area (Å²) in [5.41, 5.74) is 9.12. The largest absolute Gasteiger partial charge is 0.379 e. The Bertz CT molecular complexity index is 1130. The Hall–Kier alpha value is -4.24. The van der Waals surface area contributed by atoms with Gasteiger partial charge in [0.1, 0.15) is 5.69 Å². The Morgan fingerprint density at radius 2 is 2.03 bits per heavy atom. The van der Waals surface area contributed by atoms with Gasteiger partial charge < -0.3 is 10.5 Å². The second kappa shape index (κ2) is 9.27. The number of hydrogen-bond donors (Lipinski definition) is 2. The Morgan fingerprint density at radius 3 is 2.69 bits per heavy atom. The molecule has 0 atom stereocenters. The number of carbonyl (C=O) groups excluding carboxylic acids is 1. The quantitative estimate of drug-likeness (QED) is 0.278. The molecule has 1 aliphatic heterocycles. The molecule has 0 radical (unpaired) electrons. The summed E-state index contributed by atoms with van der Waals surface area (Å²) in [6, 6.07) is 5.68. The lowest BCUT2D eigenvalue weighted by atomic mass is 10.2. The zero-order valence-electron chi connectivity index (χ0n) is 16.6. The highest BCUT2D eigenvalue weighted by molar-refractivity contribution is 5.95. The van der Waals surface area contributed by atoms with E-state index < -0.39 is 10.8 Å². The number of non-ortho nitro benzene ring substituents is 1. The monoisotopic (exact) mass is 442 g/mol. The number of amides is 1. The van der Waals surface area contributed by atoms with Gasteiger partial charge in [-0.15, -0.1) is 5.10 Å². The topological polar surface area (TPSA) is 193 Å². The Labute approximate surface area is 179 Å². The molecule has 32 heavy (non-hydrogen) atoms. The van der Waals surface area contributed by atoms with Crippen molar-refractivity contribution in [3.63, 3.8) is 0 Å². The van der Waals surface area contributed by atoms with E-state index in [1.807, 2.05) is 0 Å². The number of nitro groups is 1. The van der Waals surface area contributed by atoms with Crippen molar-refractivity contribution in [3.8, 4) is 5.82 Å². The zero-order chi connectivity index (χ0) is 22.5. The van der Waals surface area contributed by atoms with Crippen LogP contribution in [0.5, 0.6) is 0 Å². The number of morpholine rings is 1. The van der Waals surface area contributed by atoms with Crippen LogP contribution in [0.25, 0.3) is 5.82 Å². The molecule has 0 spiro atoms. The van der Waals surface area contributed by atoms with Crippen LogP contribution in [-0.2, 0) is 11.3 Å². The Morgan fingerprint density at radius 1 is 1.28 bits per heavy atom. The lowest BCUT2D eigenvalue weighted by Gasteiger charge is -2.25. The van der Waals surface area contributed by atoms with Crippen LogP contribution < -0.4 is 11.2 Å². The third-order valence-corrected chi connectivity index (χ3v) is 4.61. The number of hydrogen-bond acceptors (Lipinski definition) is 12. The van der Waals surface area contributed by atoms with Crippen molar-refractivity contribution in [3.05, 3.63) is 51.3 Å². The fourth-order valence-corrected chi connectivity index (χ4v) is 3.00. The highest BCUT2D eigenvalue weighted by Gasteiger charge is 2.26. The van der Waals surface area contributed by atoms with E-state index in [0.29, 0.717) is 44.1 Å². The van der Waals surface area contributed by atoms with Gasteiger partial charge >= 0.3 is 0 Å². The van der Waals surface area contributed by atoms with E-state index in [0.717, 1.165) is 4.68 Å². The minimum atomic E-state index is -0.612. The highest BCUT2D eigenvalue weighted by atomic mass is 16.6. The molecule has 1 fully saturated rings. The number of benzene rings is 1. The number of anilines is 1. The molecule has 3 heterocycles. The van der Waals surface area contributed by atoms with Crippen LogP contribution in [0.15, 0.2) is 34.0 Å². The molecule has 0 bridgehead atoms. The van der Waals surface area contributed by atoms with Crippen LogP contribution in [0.1, 0.15) is 21.7 Å². The Kier molecular flexibility index (Phi) is 6.09. The molecule has 15 nitrogen and oxygen atoms in total. The minimum absolute atomic E-state index is 0.0234. The third-order valence-electron chi connectivity index (χ3n) is 4.61. The van der Waals surface area contributed by atoms with E-state index in [4.69, 9.17) is 10.5 Å². The van der Waals surface area contributed by atoms with Crippen LogP contribution in [0, 0.1) is 10.1 Å². The zero-order valence-corrected chi connectivity index (χ0v) is 16.6. The number of nitrogens with zero attached hydrogens (tertiary/aromatic N) is 8. The second-order valence-corrected chi connectivity index (χ2v) is 6.71. The molecule has 15 heteroatoms. The van der Waals surface area contributed by atoms with E-state index >= 15 is 0 Å². The molecule has 1 aromatic carbocycles. The van der Waals surface area contributed by atoms with Crippen LogP contribution in [0.3, 0.4) is 0 Å². The number of nitrogens with two attached hydrogens (primary N) is 1. The Balaban J connectivity index is 1.55. The molecule has 1 aliphatic rings. The number of ether oxygens (including phenoxy) is 1. The number of hydrazone groups is 1. The SMILES string of the molecule is Nc1nonc1-n1nnc(CN2CCOCC2)c1C(=O)N/N=C/c1ccc([N+](=O)[O-])cc1. The van der Waals surface area contributed by atoms with Crippen molar-refractivity contribution >= 4 is 23.6 Å². The van der Waals surface area contributed by atoms with Crippen LogP contribution in [0.4, 0.5) is 11.5 Å². The van der Waals surface area contributed by atoms with Crippen LogP contribution in [-0.4, -0.2) is 73.6 Å². The number of rotatable bonds is 7. The average Bonchev–Trinajstić information content (AvgIpc) is 3.40. The van der Waals surface area contributed by atoms with Gasteiger partial charge in [-0.3, -0.25) is 19.8 Å². The molecule has 2 aromatic heterocycles. The van der Waals surface area contributed by atoms with Crippen molar-refractivity contribution in [2.75, 3.05) is 32.0 Å². The normalized spacial score (nSPS) is 14.6. The fourth-order valence-electron chi connectivity index (χ4n) is 3.00. The summed E-state index contributed by atoms with van der Waals surface area (Å²) in [5.74, 6) is -0.648. The van der Waals surface area contributed by atoms with E-state index in [1.165, 1.54) is 30.5 Å². The van der Waals surface area contributed by atoms with Crippen molar-refractivity contribution in [1.82, 2.24) is 35.6 Å². The number of carbonyl (C=O) groups is 1. The van der Waals surface area contributed by atoms with Crippen molar-refractivity contribution in [2.45, 2.75) is 6.54 Å². The first-order valence-corrected chi connectivity index (χ1v) is 9.44. The predicted octanol–water partition coefficient (Wildman–Crippen LogP) is -0.263. The first-order chi connectivity index (χ1) is 15.5. The first-order valence-electron chi connectivity index (χ1n) is 9.44. The van der Waals surface area contributed by atoms with Gasteiger partial charge in [-0.1, -0.05) is 5.21 Å². The molecule has 0 unspecified atom stereocenters. The summed E-state index contributed by atoms with van der Waals surface area (Å²) >= 11 is 0. The maximum atomic E-state index is 13.0. The molecule has 4 rings (SSSR count). The molecule has 166 valence electrons. The summed E-state index contributed by atoms with van der Waals surface area (Å²) in [7, 11) is 0. The molecule has 0 saturated carbocycles. The molecular formula is C17H18N10O5. The second-order valence-electron chi connectivity index (χ2n) is 6.71. The van der Waals surface area contributed by atoms with Gasteiger partial charge in [0.25, 0.3) is 11.6 Å². The van der Waals surface area contributed by atoms with Gasteiger partial charge in [-0.2, -0.15) is 9.78 Å². The summed E-state index contributed by atoms with van der Waals surface area (Å²) in [5, 5.41) is 29.9. The van der Waals surface area contributed by atoms with Gasteiger partial charge in [0.15, 0.2) is 5.69 Å². The third kappa shape index (κ3) is 4.57. The predicted molar refractivity (Wildman–Crippen MR) is 108 cm³/mol. The molecule has 0 aliphatic carbocycles. The van der Waals surface area contributed by atoms with Gasteiger partial charge in [-0.25, -0.2) is 10.1 Å². The van der Waals surface area contributed by atoms with E-state index in [1.54, 1.807) is 0 Å². The van der Waals surface area contributed by atoms with Crippen molar-refractivity contribution in [1.29, 1.82) is 0 Å². The number of nitrogens with one attached hydrogen (secondary N) is 1. The number of nitrogen functional groups attached to an aromatic ring is 1. The smallest absolute Gasteiger partial charge is 0.292 e. The summed E-state index contributed by atoms with van der Waals surface area (Å²) in [6.45, 7) is 2.87. The van der Waals surface area contributed by atoms with Gasteiger partial charge in [0, 0.05) is 31.8 Å². The first kappa shape index (κ1) is 21.0. The minimum Gasteiger partial charge on any atom is -0.379 e. The fraction of sp³-hybridized carbons (Fsp3) is 0.294.